The van der Waals surface area contributed by atoms with Gasteiger partial charge in [0.1, 0.15) is 0 Å². The number of nitrogens with zero attached hydrogens (tertiary/aromatic N) is 2. The van der Waals surface area contributed by atoms with Crippen molar-refractivity contribution in [3.8, 4) is 0 Å². The highest BCUT2D eigenvalue weighted by atomic mass is 16.5. The normalized spacial score (nSPS) is 27.5. The van der Waals surface area contributed by atoms with E-state index in [2.05, 4.69) is 41.2 Å². The Hall–Kier alpha value is -1.62. The number of hydrogen-bond donors (Lipinski definition) is 1. The molecule has 0 unspecified atom stereocenters. The maximum atomic E-state index is 12.7. The number of hydrogen-bond acceptors (Lipinski definition) is 4. The van der Waals surface area contributed by atoms with Gasteiger partial charge in [0.15, 0.2) is 0 Å². The van der Waals surface area contributed by atoms with Gasteiger partial charge in [0, 0.05) is 55.2 Å². The summed E-state index contributed by atoms with van der Waals surface area (Å²) in [6, 6.07) is 4.61. The lowest BCUT2D eigenvalue weighted by Crippen LogP contribution is -2.45. The molecule has 0 aromatic carbocycles. The number of ether oxygens (including phenoxy) is 1. The van der Waals surface area contributed by atoms with Gasteiger partial charge in [-0.3, -0.25) is 9.78 Å². The Morgan fingerprint density at radius 3 is 2.44 bits per heavy atom. The van der Waals surface area contributed by atoms with Gasteiger partial charge in [0.25, 0.3) is 0 Å². The molecule has 1 N–H and O–H groups in total. The molecule has 0 bridgehead atoms. The van der Waals surface area contributed by atoms with Crippen molar-refractivity contribution in [1.82, 2.24) is 10.3 Å². The minimum Gasteiger partial charge on any atom is -0.381 e. The van der Waals surface area contributed by atoms with E-state index in [4.69, 9.17) is 4.74 Å². The first-order valence-corrected chi connectivity index (χ1v) is 9.68. The maximum absolute atomic E-state index is 12.7. The zero-order valence-corrected chi connectivity index (χ0v) is 15.3. The third kappa shape index (κ3) is 3.81. The Kier molecular flexibility index (Phi) is 4.67. The average molecular weight is 343 g/mol. The predicted octanol–water partition coefficient (Wildman–Crippen LogP) is 2.46. The summed E-state index contributed by atoms with van der Waals surface area (Å²) >= 11 is 0. The summed E-state index contributed by atoms with van der Waals surface area (Å²) in [5.74, 6) is 1.74. The second kappa shape index (κ2) is 6.94. The van der Waals surface area contributed by atoms with E-state index in [9.17, 15) is 4.79 Å². The Morgan fingerprint density at radius 1 is 1.12 bits per heavy atom. The third-order valence-electron chi connectivity index (χ3n) is 5.94. The van der Waals surface area contributed by atoms with Crippen LogP contribution in [0.3, 0.4) is 0 Å². The molecule has 0 spiro atoms. The molecule has 1 aromatic heterocycles. The van der Waals surface area contributed by atoms with E-state index in [-0.39, 0.29) is 17.9 Å². The van der Waals surface area contributed by atoms with E-state index >= 15 is 0 Å². The SMILES string of the molecule is Cc1cc(N2C[C@@H](NC(=O)C3CCOCC3)[C@H](C3CC3)C2)cc(C)n1. The third-order valence-corrected chi connectivity index (χ3v) is 5.94. The van der Waals surface area contributed by atoms with Crippen molar-refractivity contribution in [3.05, 3.63) is 23.5 Å². The second-order valence-electron chi connectivity index (χ2n) is 8.02. The number of aromatic nitrogens is 1. The minimum atomic E-state index is 0.132. The van der Waals surface area contributed by atoms with Crippen LogP contribution in [0.2, 0.25) is 0 Å². The molecule has 5 nitrogen and oxygen atoms in total. The topological polar surface area (TPSA) is 54.5 Å². The molecule has 3 heterocycles. The van der Waals surface area contributed by atoms with Crippen molar-refractivity contribution in [1.29, 1.82) is 0 Å². The van der Waals surface area contributed by atoms with E-state index in [0.717, 1.165) is 56.5 Å². The van der Waals surface area contributed by atoms with Gasteiger partial charge < -0.3 is 15.0 Å². The Morgan fingerprint density at radius 2 is 1.80 bits per heavy atom. The van der Waals surface area contributed by atoms with Crippen LogP contribution in [0, 0.1) is 31.6 Å². The maximum Gasteiger partial charge on any atom is 0.223 e. The molecule has 1 aliphatic carbocycles. The first-order chi connectivity index (χ1) is 12.1. The number of aryl methyl sites for hydroxylation is 2. The van der Waals surface area contributed by atoms with Crippen LogP contribution in [0.25, 0.3) is 0 Å². The van der Waals surface area contributed by atoms with E-state index in [1.165, 1.54) is 18.5 Å². The molecule has 1 saturated carbocycles. The Balaban J connectivity index is 1.46. The highest BCUT2D eigenvalue weighted by Crippen LogP contribution is 2.42. The summed E-state index contributed by atoms with van der Waals surface area (Å²) in [6.45, 7) is 7.50. The number of carbonyl (C=O) groups is 1. The van der Waals surface area contributed by atoms with Crippen molar-refractivity contribution < 1.29 is 9.53 Å². The minimum absolute atomic E-state index is 0.132. The van der Waals surface area contributed by atoms with Gasteiger partial charge in [-0.1, -0.05) is 0 Å². The number of amides is 1. The van der Waals surface area contributed by atoms with Crippen molar-refractivity contribution >= 4 is 11.6 Å². The van der Waals surface area contributed by atoms with Crippen molar-refractivity contribution in [3.63, 3.8) is 0 Å². The molecule has 4 rings (SSSR count). The monoisotopic (exact) mass is 343 g/mol. The van der Waals surface area contributed by atoms with Crippen molar-refractivity contribution in [2.75, 3.05) is 31.2 Å². The molecule has 1 amide bonds. The van der Waals surface area contributed by atoms with Crippen molar-refractivity contribution in [2.24, 2.45) is 17.8 Å². The summed E-state index contributed by atoms with van der Waals surface area (Å²) < 4.78 is 5.39. The largest absolute Gasteiger partial charge is 0.381 e. The zero-order valence-electron chi connectivity index (χ0n) is 15.3. The van der Waals surface area contributed by atoms with Gasteiger partial charge in [0.05, 0.1) is 6.04 Å². The predicted molar refractivity (Wildman–Crippen MR) is 97.6 cm³/mol. The van der Waals surface area contributed by atoms with E-state index in [0.29, 0.717) is 5.92 Å². The van der Waals surface area contributed by atoms with Crippen LogP contribution in [-0.2, 0) is 9.53 Å². The van der Waals surface area contributed by atoms with Gasteiger partial charge in [-0.15, -0.1) is 0 Å². The zero-order chi connectivity index (χ0) is 17.4. The van der Waals surface area contributed by atoms with Crippen LogP contribution >= 0.6 is 0 Å². The highest BCUT2D eigenvalue weighted by molar-refractivity contribution is 5.79. The lowest BCUT2D eigenvalue weighted by Gasteiger charge is -2.25. The number of anilines is 1. The first-order valence-electron chi connectivity index (χ1n) is 9.68. The summed E-state index contributed by atoms with van der Waals surface area (Å²) in [4.78, 5) is 19.6. The highest BCUT2D eigenvalue weighted by Gasteiger charge is 2.43. The van der Waals surface area contributed by atoms with Crippen LogP contribution in [0.5, 0.6) is 0 Å². The number of nitrogens with one attached hydrogen (secondary N) is 1. The van der Waals surface area contributed by atoms with Crippen LogP contribution in [0.1, 0.15) is 37.1 Å². The molecule has 0 radical (unpaired) electrons. The number of pyridine rings is 1. The number of rotatable bonds is 4. The Labute approximate surface area is 150 Å². The molecule has 2 atom stereocenters. The van der Waals surface area contributed by atoms with Crippen molar-refractivity contribution in [2.45, 2.75) is 45.6 Å². The van der Waals surface area contributed by atoms with Gasteiger partial charge >= 0.3 is 0 Å². The first kappa shape index (κ1) is 16.8. The molecule has 1 aromatic rings. The molecule has 3 fully saturated rings. The summed E-state index contributed by atoms with van der Waals surface area (Å²) in [5.41, 5.74) is 3.37. The second-order valence-corrected chi connectivity index (χ2v) is 8.02. The molecule has 25 heavy (non-hydrogen) atoms. The van der Waals surface area contributed by atoms with E-state index in [1.807, 2.05) is 0 Å². The summed E-state index contributed by atoms with van der Waals surface area (Å²) in [6.07, 6.45) is 4.35. The number of carbonyl (C=O) groups excluding carboxylic acids is 1. The van der Waals surface area contributed by atoms with Gasteiger partial charge in [0.2, 0.25) is 5.91 Å². The fourth-order valence-corrected chi connectivity index (χ4v) is 4.45. The fourth-order valence-electron chi connectivity index (χ4n) is 4.45. The van der Waals surface area contributed by atoms with Gasteiger partial charge in [-0.25, -0.2) is 0 Å². The van der Waals surface area contributed by atoms with Gasteiger partial charge in [-0.2, -0.15) is 0 Å². The average Bonchev–Trinajstić information content (AvgIpc) is 3.35. The van der Waals surface area contributed by atoms with Crippen LogP contribution < -0.4 is 10.2 Å². The van der Waals surface area contributed by atoms with E-state index < -0.39 is 0 Å². The molecule has 3 aliphatic rings. The molecule has 5 heteroatoms. The van der Waals surface area contributed by atoms with E-state index in [1.54, 1.807) is 0 Å². The molecule has 2 aliphatic heterocycles. The fraction of sp³-hybridized carbons (Fsp3) is 0.700. The van der Waals surface area contributed by atoms with Crippen LogP contribution in [0.4, 0.5) is 5.69 Å². The summed E-state index contributed by atoms with van der Waals surface area (Å²) in [5, 5.41) is 3.40. The van der Waals surface area contributed by atoms with Crippen LogP contribution in [0.15, 0.2) is 12.1 Å². The molecule has 136 valence electrons. The lowest BCUT2D eigenvalue weighted by molar-refractivity contribution is -0.128. The molecular formula is C20H29N3O2. The summed E-state index contributed by atoms with van der Waals surface area (Å²) in [7, 11) is 0. The standard InChI is InChI=1S/C20H29N3O2/c1-13-9-17(10-14(2)21-13)23-11-18(15-3-4-15)19(12-23)22-20(24)16-5-7-25-8-6-16/h9-10,15-16,18-19H,3-8,11-12H2,1-2H3,(H,22,24)/t18-,19+/m0/s1. The molecule has 2 saturated heterocycles. The Bertz CT molecular complexity index is 618. The molecular weight excluding hydrogens is 314 g/mol. The lowest BCUT2D eigenvalue weighted by atomic mass is 9.95. The smallest absolute Gasteiger partial charge is 0.223 e. The van der Waals surface area contributed by atoms with Gasteiger partial charge in [-0.05, 0) is 57.6 Å². The van der Waals surface area contributed by atoms with Crippen LogP contribution in [-0.4, -0.2) is 43.2 Å². The quantitative estimate of drug-likeness (QED) is 0.912.